The van der Waals surface area contributed by atoms with Crippen LogP contribution in [0.4, 0.5) is 0 Å². The van der Waals surface area contributed by atoms with Crippen LogP contribution in [-0.4, -0.2) is 17.5 Å². The van der Waals surface area contributed by atoms with Gasteiger partial charge in [-0.2, -0.15) is 0 Å². The monoisotopic (exact) mass is 335 g/mol. The van der Waals surface area contributed by atoms with E-state index in [0.717, 1.165) is 12.0 Å². The van der Waals surface area contributed by atoms with Gasteiger partial charge in [-0.1, -0.05) is 50.2 Å². The Kier molecular flexibility index (Phi) is 4.29. The quantitative estimate of drug-likeness (QED) is 0.629. The first-order chi connectivity index (χ1) is 11.9. The van der Waals surface area contributed by atoms with Crippen LogP contribution in [-0.2, 0) is 15.1 Å². The maximum absolute atomic E-state index is 13.1. The summed E-state index contributed by atoms with van der Waals surface area (Å²) >= 11 is 0. The third-order valence-electron chi connectivity index (χ3n) is 4.74. The Hall–Kier alpha value is -2.75. The zero-order chi connectivity index (χ0) is 18.2. The predicted octanol–water partition coefficient (Wildman–Crippen LogP) is 3.84. The third kappa shape index (κ3) is 2.58. The number of Topliss-reactive ketones (excluding diaryl/α,β-unsaturated/α-hetero) is 2. The molecule has 0 fully saturated rings. The van der Waals surface area contributed by atoms with E-state index in [2.05, 4.69) is 19.9 Å². The number of ketones is 2. The Balaban J connectivity index is 2.22. The van der Waals surface area contributed by atoms with Crippen molar-refractivity contribution in [3.63, 3.8) is 0 Å². The second-order valence-electron chi connectivity index (χ2n) is 6.32. The van der Waals surface area contributed by atoms with Crippen LogP contribution in [0.1, 0.15) is 65.0 Å². The van der Waals surface area contributed by atoms with Gasteiger partial charge in [-0.3, -0.25) is 14.4 Å². The molecule has 1 aliphatic rings. The molecule has 0 N–H and O–H groups in total. The van der Waals surface area contributed by atoms with E-state index >= 15 is 0 Å². The Bertz CT molecular complexity index is 831. The molecule has 127 valence electrons. The van der Waals surface area contributed by atoms with Gasteiger partial charge in [0.1, 0.15) is 0 Å². The molecular formula is C21H19O4. The molecule has 0 saturated carbocycles. The highest BCUT2D eigenvalue weighted by Crippen LogP contribution is 2.41. The maximum atomic E-state index is 13.1. The van der Waals surface area contributed by atoms with Gasteiger partial charge >= 0.3 is 5.97 Å². The minimum Gasteiger partial charge on any atom is -0.437 e. The summed E-state index contributed by atoms with van der Waals surface area (Å²) in [5, 5.41) is 0. The third-order valence-corrected chi connectivity index (χ3v) is 4.74. The highest BCUT2D eigenvalue weighted by atomic mass is 16.6. The highest BCUT2D eigenvalue weighted by molar-refractivity contribution is 6.32. The first kappa shape index (κ1) is 17.1. The second-order valence-corrected chi connectivity index (χ2v) is 6.32. The molecular weight excluding hydrogens is 316 g/mol. The van der Waals surface area contributed by atoms with E-state index in [9.17, 15) is 14.4 Å². The van der Waals surface area contributed by atoms with Gasteiger partial charge in [0.15, 0.2) is 0 Å². The van der Waals surface area contributed by atoms with Gasteiger partial charge in [0, 0.05) is 23.6 Å². The van der Waals surface area contributed by atoms with Crippen molar-refractivity contribution in [2.75, 3.05) is 0 Å². The van der Waals surface area contributed by atoms with Gasteiger partial charge in [-0.25, -0.2) is 0 Å². The predicted molar refractivity (Wildman–Crippen MR) is 92.5 cm³/mol. The summed E-state index contributed by atoms with van der Waals surface area (Å²) < 4.78 is 5.39. The van der Waals surface area contributed by atoms with E-state index < -0.39 is 23.1 Å². The van der Waals surface area contributed by atoms with Crippen molar-refractivity contribution in [3.8, 4) is 0 Å². The standard InChI is InChI=1S/C21H19O4/c1-4-13(2)15-8-7-9-16(12-15)21(25-14(3)22)19(23)17-10-5-6-11-18(17)20(21)24/h5-8,10-13H,4H2,1-3H3. The zero-order valence-electron chi connectivity index (χ0n) is 14.5. The van der Waals surface area contributed by atoms with E-state index in [1.54, 1.807) is 36.4 Å². The minimum absolute atomic E-state index is 0.247. The van der Waals surface area contributed by atoms with Crippen molar-refractivity contribution in [3.05, 3.63) is 70.8 Å². The first-order valence-electron chi connectivity index (χ1n) is 8.32. The molecule has 0 heterocycles. The molecule has 25 heavy (non-hydrogen) atoms. The second kappa shape index (κ2) is 6.28. The fraction of sp³-hybridized carbons (Fsp3) is 0.286. The van der Waals surface area contributed by atoms with Crippen LogP contribution in [0.2, 0.25) is 0 Å². The van der Waals surface area contributed by atoms with Crippen LogP contribution >= 0.6 is 0 Å². The van der Waals surface area contributed by atoms with Crippen LogP contribution in [0, 0.1) is 6.07 Å². The number of ether oxygens (including phenoxy) is 1. The molecule has 0 saturated heterocycles. The summed E-state index contributed by atoms with van der Waals surface area (Å²) in [4.78, 5) is 38.0. The van der Waals surface area contributed by atoms with Gasteiger partial charge in [-0.05, 0) is 30.0 Å². The number of carbonyl (C=O) groups excluding carboxylic acids is 3. The lowest BCUT2D eigenvalue weighted by atomic mass is 9.85. The van der Waals surface area contributed by atoms with E-state index in [0.29, 0.717) is 0 Å². The van der Waals surface area contributed by atoms with Gasteiger partial charge in [-0.15, -0.1) is 0 Å². The average Bonchev–Trinajstić information content (AvgIpc) is 2.84. The minimum atomic E-state index is -1.97. The van der Waals surface area contributed by atoms with Crippen molar-refractivity contribution in [2.24, 2.45) is 0 Å². The number of carbonyl (C=O) groups is 3. The van der Waals surface area contributed by atoms with Gasteiger partial charge < -0.3 is 4.74 Å². The van der Waals surface area contributed by atoms with Crippen LogP contribution in [0.5, 0.6) is 0 Å². The molecule has 1 aliphatic carbocycles. The molecule has 4 heteroatoms. The molecule has 1 unspecified atom stereocenters. The summed E-state index contributed by atoms with van der Waals surface area (Å²) in [6, 6.07) is 14.8. The lowest BCUT2D eigenvalue weighted by Gasteiger charge is -2.26. The van der Waals surface area contributed by atoms with Gasteiger partial charge in [0.05, 0.1) is 0 Å². The molecule has 0 spiro atoms. The van der Waals surface area contributed by atoms with E-state index in [1.165, 1.54) is 6.92 Å². The Morgan fingerprint density at radius 3 is 2.28 bits per heavy atom. The van der Waals surface area contributed by atoms with E-state index in [1.807, 2.05) is 6.07 Å². The van der Waals surface area contributed by atoms with Crippen molar-refractivity contribution >= 4 is 17.5 Å². The van der Waals surface area contributed by atoms with Crippen molar-refractivity contribution in [2.45, 2.75) is 38.7 Å². The van der Waals surface area contributed by atoms with Gasteiger partial charge in [0.25, 0.3) is 5.60 Å². The topological polar surface area (TPSA) is 60.4 Å². The maximum Gasteiger partial charge on any atom is 0.304 e. The number of rotatable bonds is 4. The van der Waals surface area contributed by atoms with E-state index in [4.69, 9.17) is 4.74 Å². The van der Waals surface area contributed by atoms with E-state index in [-0.39, 0.29) is 22.6 Å². The molecule has 0 bridgehead atoms. The van der Waals surface area contributed by atoms with Crippen molar-refractivity contribution in [1.82, 2.24) is 0 Å². The fourth-order valence-corrected chi connectivity index (χ4v) is 3.20. The lowest BCUT2D eigenvalue weighted by molar-refractivity contribution is -0.149. The van der Waals surface area contributed by atoms with Gasteiger partial charge in [0.2, 0.25) is 11.6 Å². The Labute approximate surface area is 146 Å². The zero-order valence-corrected chi connectivity index (χ0v) is 14.5. The van der Waals surface area contributed by atoms with Crippen LogP contribution in [0.3, 0.4) is 0 Å². The number of benzene rings is 2. The van der Waals surface area contributed by atoms with Crippen molar-refractivity contribution < 1.29 is 19.1 Å². The Morgan fingerprint density at radius 2 is 1.76 bits per heavy atom. The normalized spacial score (nSPS) is 16.4. The highest BCUT2D eigenvalue weighted by Gasteiger charge is 2.57. The summed E-state index contributed by atoms with van der Waals surface area (Å²) in [7, 11) is 0. The molecule has 0 aliphatic heterocycles. The smallest absolute Gasteiger partial charge is 0.304 e. The Morgan fingerprint density at radius 1 is 1.16 bits per heavy atom. The van der Waals surface area contributed by atoms with Crippen LogP contribution < -0.4 is 0 Å². The molecule has 2 aromatic carbocycles. The SMILES string of the molecule is CCC(C)c1cc[c]c(C2(OC(C)=O)C(=O)c3ccccc3C2=O)c1. The molecule has 0 amide bonds. The molecule has 1 atom stereocenters. The molecule has 3 rings (SSSR count). The molecule has 0 aromatic heterocycles. The summed E-state index contributed by atoms with van der Waals surface area (Å²) in [5.41, 5.74) is -0.169. The number of hydrogen-bond donors (Lipinski definition) is 0. The summed E-state index contributed by atoms with van der Waals surface area (Å²) in [6.45, 7) is 5.32. The first-order valence-corrected chi connectivity index (χ1v) is 8.32. The number of hydrogen-bond acceptors (Lipinski definition) is 4. The molecule has 2 aromatic rings. The molecule has 4 nitrogen and oxygen atoms in total. The lowest BCUT2D eigenvalue weighted by Crippen LogP contribution is -2.42. The number of fused-ring (bicyclic) bond motifs is 1. The fourth-order valence-electron chi connectivity index (χ4n) is 3.20. The average molecular weight is 335 g/mol. The largest absolute Gasteiger partial charge is 0.437 e. The summed E-state index contributed by atoms with van der Waals surface area (Å²) in [5.74, 6) is -1.46. The summed E-state index contributed by atoms with van der Waals surface area (Å²) in [6.07, 6.45) is 0.909. The van der Waals surface area contributed by atoms with Crippen LogP contribution in [0.25, 0.3) is 0 Å². The van der Waals surface area contributed by atoms with Crippen LogP contribution in [0.15, 0.2) is 42.5 Å². The van der Waals surface area contributed by atoms with Crippen molar-refractivity contribution in [1.29, 1.82) is 0 Å². The number of esters is 1. The molecule has 1 radical (unpaired) electrons.